The molecule has 1 aliphatic heterocycles. The van der Waals surface area contributed by atoms with Crippen LogP contribution in [0.2, 0.25) is 0 Å². The Morgan fingerprint density at radius 3 is 2.70 bits per heavy atom. The molecule has 20 heavy (non-hydrogen) atoms. The van der Waals surface area contributed by atoms with E-state index in [1.165, 1.54) is 36.8 Å². The topological polar surface area (TPSA) is 41.1 Å². The molecule has 1 aromatic carbocycles. The Kier molecular flexibility index (Phi) is 4.06. The monoisotopic (exact) mass is 272 g/mol. The second-order valence-electron chi connectivity index (χ2n) is 6.25. The van der Waals surface area contributed by atoms with Gasteiger partial charge in [0.05, 0.1) is 6.04 Å². The zero-order chi connectivity index (χ0) is 13.9. The Balaban J connectivity index is 1.58. The minimum absolute atomic E-state index is 0.0752. The van der Waals surface area contributed by atoms with Gasteiger partial charge in [-0.15, -0.1) is 0 Å². The van der Waals surface area contributed by atoms with Crippen molar-refractivity contribution in [3.8, 4) is 0 Å². The van der Waals surface area contributed by atoms with Gasteiger partial charge in [0.25, 0.3) is 0 Å². The smallest absolute Gasteiger partial charge is 0.237 e. The van der Waals surface area contributed by atoms with Crippen LogP contribution in [0.4, 0.5) is 0 Å². The average Bonchev–Trinajstić information content (AvgIpc) is 3.01. The second-order valence-corrected chi connectivity index (χ2v) is 6.25. The van der Waals surface area contributed by atoms with Crippen molar-refractivity contribution in [3.63, 3.8) is 0 Å². The van der Waals surface area contributed by atoms with Gasteiger partial charge in [-0.2, -0.15) is 0 Å². The fourth-order valence-corrected chi connectivity index (χ4v) is 3.54. The van der Waals surface area contributed by atoms with Crippen molar-refractivity contribution in [3.05, 3.63) is 35.4 Å². The van der Waals surface area contributed by atoms with Crippen molar-refractivity contribution in [2.75, 3.05) is 0 Å². The zero-order valence-corrected chi connectivity index (χ0v) is 12.2. The SMILES string of the molecule is CC(NC(=O)C1Cc2ccccc2CN1)C1CCCC1. The van der Waals surface area contributed by atoms with Crippen LogP contribution in [0.3, 0.4) is 0 Å². The Labute approximate surface area is 121 Å². The lowest BCUT2D eigenvalue weighted by atomic mass is 9.94. The first-order valence-electron chi connectivity index (χ1n) is 7.84. The third-order valence-corrected chi connectivity index (χ3v) is 4.87. The first-order chi connectivity index (χ1) is 9.74. The standard InChI is InChI=1S/C17H24N2O/c1-12(13-6-2-3-7-13)19-17(20)16-10-14-8-4-5-9-15(14)11-18-16/h4-5,8-9,12-13,16,18H,2-3,6-7,10-11H2,1H3,(H,19,20). The zero-order valence-electron chi connectivity index (χ0n) is 12.2. The second kappa shape index (κ2) is 5.96. The molecule has 108 valence electrons. The van der Waals surface area contributed by atoms with E-state index in [0.717, 1.165) is 13.0 Å². The summed E-state index contributed by atoms with van der Waals surface area (Å²) in [6.07, 6.45) is 5.98. The molecule has 3 heteroatoms. The fourth-order valence-electron chi connectivity index (χ4n) is 3.54. The van der Waals surface area contributed by atoms with Gasteiger partial charge in [-0.05, 0) is 43.2 Å². The molecule has 0 spiro atoms. The fraction of sp³-hybridized carbons (Fsp3) is 0.588. The molecule has 2 atom stereocenters. The van der Waals surface area contributed by atoms with Crippen molar-refractivity contribution in [1.29, 1.82) is 0 Å². The van der Waals surface area contributed by atoms with Gasteiger partial charge in [-0.3, -0.25) is 4.79 Å². The van der Waals surface area contributed by atoms with E-state index in [1.54, 1.807) is 0 Å². The van der Waals surface area contributed by atoms with Gasteiger partial charge in [0, 0.05) is 12.6 Å². The number of nitrogens with one attached hydrogen (secondary N) is 2. The van der Waals surface area contributed by atoms with E-state index < -0.39 is 0 Å². The summed E-state index contributed by atoms with van der Waals surface area (Å²) in [5.74, 6) is 0.841. The number of carbonyl (C=O) groups is 1. The first-order valence-corrected chi connectivity index (χ1v) is 7.84. The summed E-state index contributed by atoms with van der Waals surface area (Å²) in [5, 5.41) is 6.58. The van der Waals surface area contributed by atoms with Crippen LogP contribution in [0.1, 0.15) is 43.7 Å². The Hall–Kier alpha value is -1.35. The molecule has 2 aliphatic rings. The summed E-state index contributed by atoms with van der Waals surface area (Å²) < 4.78 is 0. The molecule has 0 bridgehead atoms. The highest BCUT2D eigenvalue weighted by molar-refractivity contribution is 5.82. The number of hydrogen-bond donors (Lipinski definition) is 2. The predicted octanol–water partition coefficient (Wildman–Crippen LogP) is 2.40. The molecule has 1 heterocycles. The molecule has 3 rings (SSSR count). The molecule has 3 nitrogen and oxygen atoms in total. The number of rotatable bonds is 3. The summed E-state index contributed by atoms with van der Waals surface area (Å²) in [7, 11) is 0. The summed E-state index contributed by atoms with van der Waals surface area (Å²) >= 11 is 0. The summed E-state index contributed by atoms with van der Waals surface area (Å²) in [6, 6.07) is 8.62. The lowest BCUT2D eigenvalue weighted by molar-refractivity contribution is -0.124. The molecule has 1 aliphatic carbocycles. The maximum Gasteiger partial charge on any atom is 0.237 e. The van der Waals surface area contributed by atoms with Gasteiger partial charge < -0.3 is 10.6 Å². The molecule has 1 saturated carbocycles. The minimum Gasteiger partial charge on any atom is -0.352 e. The average molecular weight is 272 g/mol. The molecule has 0 saturated heterocycles. The van der Waals surface area contributed by atoms with E-state index in [1.807, 2.05) is 0 Å². The lowest BCUT2D eigenvalue weighted by Crippen LogP contribution is -2.51. The lowest BCUT2D eigenvalue weighted by Gasteiger charge is -2.28. The van der Waals surface area contributed by atoms with Gasteiger partial charge in [0.15, 0.2) is 0 Å². The number of benzene rings is 1. The number of hydrogen-bond acceptors (Lipinski definition) is 2. The van der Waals surface area contributed by atoms with Gasteiger partial charge >= 0.3 is 0 Å². The summed E-state index contributed by atoms with van der Waals surface area (Å²) in [6.45, 7) is 2.96. The van der Waals surface area contributed by atoms with Crippen LogP contribution in [0, 0.1) is 5.92 Å². The van der Waals surface area contributed by atoms with Crippen molar-refractivity contribution >= 4 is 5.91 Å². The number of amides is 1. The van der Waals surface area contributed by atoms with Crippen LogP contribution in [0.25, 0.3) is 0 Å². The van der Waals surface area contributed by atoms with E-state index in [2.05, 4.69) is 41.8 Å². The Morgan fingerprint density at radius 2 is 1.95 bits per heavy atom. The highest BCUT2D eigenvalue weighted by Gasteiger charge is 2.28. The predicted molar refractivity (Wildman–Crippen MR) is 80.3 cm³/mol. The first kappa shape index (κ1) is 13.6. The normalized spacial score (nSPS) is 24.1. The van der Waals surface area contributed by atoms with Crippen LogP contribution >= 0.6 is 0 Å². The molecule has 1 fully saturated rings. The van der Waals surface area contributed by atoms with E-state index >= 15 is 0 Å². The highest BCUT2D eigenvalue weighted by atomic mass is 16.2. The van der Waals surface area contributed by atoms with E-state index in [4.69, 9.17) is 0 Å². The van der Waals surface area contributed by atoms with Crippen LogP contribution < -0.4 is 10.6 Å². The van der Waals surface area contributed by atoms with Gasteiger partial charge in [0.2, 0.25) is 5.91 Å². The van der Waals surface area contributed by atoms with Crippen LogP contribution in [-0.4, -0.2) is 18.0 Å². The quantitative estimate of drug-likeness (QED) is 0.887. The number of carbonyl (C=O) groups excluding carboxylic acids is 1. The molecule has 2 N–H and O–H groups in total. The van der Waals surface area contributed by atoms with Gasteiger partial charge in [-0.25, -0.2) is 0 Å². The molecular formula is C17H24N2O. The van der Waals surface area contributed by atoms with Crippen molar-refractivity contribution < 1.29 is 4.79 Å². The third kappa shape index (κ3) is 2.88. The molecule has 0 aromatic heterocycles. The van der Waals surface area contributed by atoms with Gasteiger partial charge in [-0.1, -0.05) is 37.1 Å². The summed E-state index contributed by atoms with van der Waals surface area (Å²) in [5.41, 5.74) is 2.63. The van der Waals surface area contributed by atoms with E-state index in [-0.39, 0.29) is 11.9 Å². The molecule has 0 radical (unpaired) electrons. The van der Waals surface area contributed by atoms with E-state index in [0.29, 0.717) is 12.0 Å². The van der Waals surface area contributed by atoms with Crippen LogP contribution in [0.15, 0.2) is 24.3 Å². The maximum atomic E-state index is 12.4. The van der Waals surface area contributed by atoms with Crippen LogP contribution in [0.5, 0.6) is 0 Å². The Bertz CT molecular complexity index is 480. The third-order valence-electron chi connectivity index (χ3n) is 4.87. The molecule has 2 unspecified atom stereocenters. The Morgan fingerprint density at radius 1 is 1.25 bits per heavy atom. The molecule has 1 amide bonds. The minimum atomic E-state index is -0.0752. The molecular weight excluding hydrogens is 248 g/mol. The number of fused-ring (bicyclic) bond motifs is 1. The van der Waals surface area contributed by atoms with Crippen molar-refractivity contribution in [1.82, 2.24) is 10.6 Å². The molecule has 1 aromatic rings. The summed E-state index contributed by atoms with van der Waals surface area (Å²) in [4.78, 5) is 12.4. The van der Waals surface area contributed by atoms with Crippen LogP contribution in [-0.2, 0) is 17.8 Å². The van der Waals surface area contributed by atoms with Gasteiger partial charge in [0.1, 0.15) is 0 Å². The van der Waals surface area contributed by atoms with E-state index in [9.17, 15) is 4.79 Å². The van der Waals surface area contributed by atoms with Crippen molar-refractivity contribution in [2.45, 2.75) is 57.7 Å². The maximum absolute atomic E-state index is 12.4. The highest BCUT2D eigenvalue weighted by Crippen LogP contribution is 2.27. The van der Waals surface area contributed by atoms with Crippen molar-refractivity contribution in [2.24, 2.45) is 5.92 Å². The largest absolute Gasteiger partial charge is 0.352 e.